The Morgan fingerprint density at radius 2 is 1.85 bits per heavy atom. The van der Waals surface area contributed by atoms with Crippen LogP contribution in [0.4, 0.5) is 0 Å². The van der Waals surface area contributed by atoms with Gasteiger partial charge >= 0.3 is 0 Å². The van der Waals surface area contributed by atoms with Crippen LogP contribution in [0, 0.1) is 0 Å². The van der Waals surface area contributed by atoms with Gasteiger partial charge in [-0.3, -0.25) is 9.59 Å². The van der Waals surface area contributed by atoms with E-state index in [4.69, 9.17) is 5.73 Å². The van der Waals surface area contributed by atoms with E-state index in [1.54, 1.807) is 13.0 Å². The molecule has 0 saturated carbocycles. The summed E-state index contributed by atoms with van der Waals surface area (Å²) in [4.78, 5) is 22.7. The zero-order valence-corrected chi connectivity index (χ0v) is 15.0. The fraction of sp³-hybridized carbons (Fsp3) is 0.182. The van der Waals surface area contributed by atoms with E-state index in [9.17, 15) is 9.59 Å². The van der Waals surface area contributed by atoms with E-state index in [-0.39, 0.29) is 5.91 Å². The van der Waals surface area contributed by atoms with Crippen LogP contribution in [-0.2, 0) is 16.0 Å². The summed E-state index contributed by atoms with van der Waals surface area (Å²) in [5.74, 6) is -0.607. The third-order valence-corrected chi connectivity index (χ3v) is 4.00. The van der Waals surface area contributed by atoms with Crippen LogP contribution >= 0.6 is 0 Å². The van der Waals surface area contributed by atoms with Gasteiger partial charge in [0, 0.05) is 18.2 Å². The van der Waals surface area contributed by atoms with Crippen LogP contribution in [0.15, 0.2) is 66.8 Å². The molecule has 2 aromatic rings. The van der Waals surface area contributed by atoms with Gasteiger partial charge in [-0.1, -0.05) is 55.1 Å². The topological polar surface area (TPSA) is 72.2 Å². The molecule has 4 heteroatoms. The second-order valence-electron chi connectivity index (χ2n) is 6.11. The molecule has 4 nitrogen and oxygen atoms in total. The molecule has 2 amide bonds. The highest BCUT2D eigenvalue weighted by molar-refractivity contribution is 5.92. The summed E-state index contributed by atoms with van der Waals surface area (Å²) in [6.45, 7) is 5.89. The van der Waals surface area contributed by atoms with Crippen molar-refractivity contribution >= 4 is 17.9 Å². The fourth-order valence-corrected chi connectivity index (χ4v) is 2.72. The van der Waals surface area contributed by atoms with E-state index in [2.05, 4.69) is 30.1 Å². The number of nitrogens with one attached hydrogen (secondary N) is 1. The number of carbonyl (C=O) groups excluding carboxylic acids is 2. The van der Waals surface area contributed by atoms with Crippen molar-refractivity contribution in [3.05, 3.63) is 77.9 Å². The van der Waals surface area contributed by atoms with Gasteiger partial charge in [0.25, 0.3) is 0 Å². The fourth-order valence-electron chi connectivity index (χ4n) is 2.72. The quantitative estimate of drug-likeness (QED) is 0.566. The first-order valence-corrected chi connectivity index (χ1v) is 8.57. The molecule has 26 heavy (non-hydrogen) atoms. The minimum Gasteiger partial charge on any atom is -0.366 e. The predicted molar refractivity (Wildman–Crippen MR) is 106 cm³/mol. The highest BCUT2D eigenvalue weighted by Gasteiger charge is 2.09. The second kappa shape index (κ2) is 9.37. The predicted octanol–water partition coefficient (Wildman–Crippen LogP) is 3.48. The first-order valence-electron chi connectivity index (χ1n) is 8.57. The SMILES string of the molecule is C=C(C)C(=O)NCCCc1c(/C=C/C(N)=O)cccc1-c1ccccc1. The number of rotatable bonds is 8. The van der Waals surface area contributed by atoms with Crippen molar-refractivity contribution in [1.29, 1.82) is 0 Å². The zero-order chi connectivity index (χ0) is 18.9. The molecule has 0 atom stereocenters. The van der Waals surface area contributed by atoms with Gasteiger partial charge in [0.2, 0.25) is 11.8 Å². The standard InChI is InChI=1S/C22H24N2O2/c1-16(2)22(26)24-15-7-12-20-18(13-14-21(23)25)10-6-11-19(20)17-8-4-3-5-9-17/h3-6,8-11,13-14H,1,7,12,15H2,2H3,(H2,23,25)(H,24,26)/b14-13+. The molecule has 0 unspecified atom stereocenters. The number of nitrogens with two attached hydrogens (primary N) is 1. The number of amides is 2. The van der Waals surface area contributed by atoms with Gasteiger partial charge in [-0.15, -0.1) is 0 Å². The summed E-state index contributed by atoms with van der Waals surface area (Å²) in [7, 11) is 0. The van der Waals surface area contributed by atoms with Crippen molar-refractivity contribution in [3.63, 3.8) is 0 Å². The average molecular weight is 348 g/mol. The second-order valence-corrected chi connectivity index (χ2v) is 6.11. The molecule has 2 rings (SSSR count). The lowest BCUT2D eigenvalue weighted by Gasteiger charge is -2.14. The Kier molecular flexibility index (Phi) is 6.92. The molecule has 0 radical (unpaired) electrons. The van der Waals surface area contributed by atoms with Crippen LogP contribution in [-0.4, -0.2) is 18.4 Å². The molecule has 3 N–H and O–H groups in total. The molecular weight excluding hydrogens is 324 g/mol. The Hall–Kier alpha value is -3.14. The Labute approximate surface area is 154 Å². The molecule has 0 heterocycles. The third kappa shape index (κ3) is 5.45. The highest BCUT2D eigenvalue weighted by Crippen LogP contribution is 2.28. The highest BCUT2D eigenvalue weighted by atomic mass is 16.1. The maximum absolute atomic E-state index is 11.6. The largest absolute Gasteiger partial charge is 0.366 e. The Morgan fingerprint density at radius 3 is 2.50 bits per heavy atom. The summed E-state index contributed by atoms with van der Waals surface area (Å²) in [5.41, 5.74) is 10.0. The van der Waals surface area contributed by atoms with Crippen LogP contribution in [0.5, 0.6) is 0 Å². The zero-order valence-electron chi connectivity index (χ0n) is 15.0. The van der Waals surface area contributed by atoms with E-state index in [0.717, 1.165) is 35.1 Å². The summed E-state index contributed by atoms with van der Waals surface area (Å²) in [6, 6.07) is 16.1. The lowest BCUT2D eigenvalue weighted by molar-refractivity contribution is -0.117. The summed E-state index contributed by atoms with van der Waals surface area (Å²) in [5, 5.41) is 2.85. The van der Waals surface area contributed by atoms with Crippen molar-refractivity contribution in [2.75, 3.05) is 6.54 Å². The van der Waals surface area contributed by atoms with Crippen LogP contribution in [0.3, 0.4) is 0 Å². The molecule has 0 aliphatic heterocycles. The van der Waals surface area contributed by atoms with Crippen LogP contribution < -0.4 is 11.1 Å². The van der Waals surface area contributed by atoms with E-state index < -0.39 is 5.91 Å². The number of primary amides is 1. The van der Waals surface area contributed by atoms with E-state index in [1.807, 2.05) is 30.3 Å². The summed E-state index contributed by atoms with van der Waals surface area (Å²) < 4.78 is 0. The lowest BCUT2D eigenvalue weighted by Crippen LogP contribution is -2.25. The molecule has 0 aromatic heterocycles. The maximum Gasteiger partial charge on any atom is 0.246 e. The number of carbonyl (C=O) groups is 2. The minimum absolute atomic E-state index is 0.129. The van der Waals surface area contributed by atoms with Gasteiger partial charge < -0.3 is 11.1 Å². The molecule has 0 saturated heterocycles. The molecule has 0 aliphatic carbocycles. The van der Waals surface area contributed by atoms with Crippen molar-refractivity contribution in [2.24, 2.45) is 5.73 Å². The first-order chi connectivity index (χ1) is 12.5. The van der Waals surface area contributed by atoms with E-state index >= 15 is 0 Å². The van der Waals surface area contributed by atoms with Crippen molar-refractivity contribution in [1.82, 2.24) is 5.32 Å². The van der Waals surface area contributed by atoms with Gasteiger partial charge in [0.05, 0.1) is 0 Å². The molecular formula is C22H24N2O2. The Morgan fingerprint density at radius 1 is 1.12 bits per heavy atom. The lowest BCUT2D eigenvalue weighted by atomic mass is 9.92. The van der Waals surface area contributed by atoms with Crippen molar-refractivity contribution < 1.29 is 9.59 Å². The summed E-state index contributed by atoms with van der Waals surface area (Å²) >= 11 is 0. The third-order valence-electron chi connectivity index (χ3n) is 4.00. The van der Waals surface area contributed by atoms with Crippen molar-refractivity contribution in [3.8, 4) is 11.1 Å². The summed E-state index contributed by atoms with van der Waals surface area (Å²) in [6.07, 6.45) is 4.66. The van der Waals surface area contributed by atoms with Crippen LogP contribution in [0.2, 0.25) is 0 Å². The Bertz CT molecular complexity index is 823. The van der Waals surface area contributed by atoms with Crippen LogP contribution in [0.25, 0.3) is 17.2 Å². The van der Waals surface area contributed by atoms with E-state index in [1.165, 1.54) is 6.08 Å². The molecule has 0 aliphatic rings. The monoisotopic (exact) mass is 348 g/mol. The molecule has 2 aromatic carbocycles. The van der Waals surface area contributed by atoms with Gasteiger partial charge in [-0.2, -0.15) is 0 Å². The van der Waals surface area contributed by atoms with Gasteiger partial charge in [0.15, 0.2) is 0 Å². The minimum atomic E-state index is -0.477. The maximum atomic E-state index is 11.6. The Balaban J connectivity index is 2.26. The van der Waals surface area contributed by atoms with Crippen LogP contribution in [0.1, 0.15) is 24.5 Å². The van der Waals surface area contributed by atoms with Crippen molar-refractivity contribution in [2.45, 2.75) is 19.8 Å². The number of hydrogen-bond acceptors (Lipinski definition) is 2. The van der Waals surface area contributed by atoms with Gasteiger partial charge in [-0.25, -0.2) is 0 Å². The average Bonchev–Trinajstić information content (AvgIpc) is 2.64. The molecule has 0 fully saturated rings. The van der Waals surface area contributed by atoms with E-state index in [0.29, 0.717) is 12.1 Å². The van der Waals surface area contributed by atoms with Gasteiger partial charge in [0.1, 0.15) is 0 Å². The smallest absolute Gasteiger partial charge is 0.246 e. The number of benzene rings is 2. The molecule has 134 valence electrons. The normalized spacial score (nSPS) is 10.7. The first kappa shape index (κ1) is 19.2. The van der Waals surface area contributed by atoms with Gasteiger partial charge in [-0.05, 0) is 48.1 Å². The molecule has 0 bridgehead atoms. The molecule has 0 spiro atoms. The number of hydrogen-bond donors (Lipinski definition) is 2.